The van der Waals surface area contributed by atoms with Crippen LogP contribution in [0.2, 0.25) is 0 Å². The summed E-state index contributed by atoms with van der Waals surface area (Å²) < 4.78 is 5.90. The van der Waals surface area contributed by atoms with Crippen LogP contribution < -0.4 is 4.74 Å². The van der Waals surface area contributed by atoms with Gasteiger partial charge in [-0.15, -0.1) is 23.2 Å². The maximum Gasteiger partial charge on any atom is 0.254 e. The van der Waals surface area contributed by atoms with E-state index in [1.807, 2.05) is 6.08 Å². The zero-order chi connectivity index (χ0) is 31.0. The number of allylic oxidation sites excluding steroid dienone is 2. The van der Waals surface area contributed by atoms with Crippen molar-refractivity contribution in [3.63, 3.8) is 0 Å². The van der Waals surface area contributed by atoms with Gasteiger partial charge in [-0.25, -0.2) is 0 Å². The van der Waals surface area contributed by atoms with E-state index >= 15 is 0 Å². The minimum atomic E-state index is -2.04. The molecule has 2 aliphatic carbocycles. The van der Waals surface area contributed by atoms with Crippen LogP contribution in [0.4, 0.5) is 0 Å². The van der Waals surface area contributed by atoms with Gasteiger partial charge in [-0.05, 0) is 55.0 Å². The molecule has 4 aliphatic rings. The Hall–Kier alpha value is -2.60. The maximum absolute atomic E-state index is 14.0. The molecule has 2 aromatic rings. The normalized spacial score (nSPS) is 31.6. The number of ether oxygens (including phenoxy) is 1. The van der Waals surface area contributed by atoms with Crippen LogP contribution in [0, 0.1) is 17.8 Å². The number of carbonyl (C=O) groups is 4. The van der Waals surface area contributed by atoms with E-state index < -0.39 is 45.2 Å². The number of imide groups is 2. The highest BCUT2D eigenvalue weighted by Crippen LogP contribution is 2.66. The predicted molar refractivity (Wildman–Crippen MR) is 164 cm³/mol. The zero-order valence-electron chi connectivity index (χ0n) is 22.7. The Kier molecular flexibility index (Phi) is 7.63. The summed E-state index contributed by atoms with van der Waals surface area (Å²) in [5, 5.41) is 20.9. The summed E-state index contributed by atoms with van der Waals surface area (Å²) in [6.45, 7) is 0.144. The van der Waals surface area contributed by atoms with Gasteiger partial charge in [-0.3, -0.25) is 29.0 Å². The van der Waals surface area contributed by atoms with E-state index in [0.29, 0.717) is 16.5 Å². The van der Waals surface area contributed by atoms with Gasteiger partial charge in [0.15, 0.2) is 21.2 Å². The average molecular weight is 757 g/mol. The molecule has 226 valence electrons. The first-order chi connectivity index (χ1) is 20.4. The lowest BCUT2D eigenvalue weighted by atomic mass is 9.56. The fourth-order valence-corrected chi connectivity index (χ4v) is 9.13. The van der Waals surface area contributed by atoms with Crippen molar-refractivity contribution in [1.82, 2.24) is 9.80 Å². The number of fused-ring (bicyclic) bond motifs is 4. The molecule has 9 nitrogen and oxygen atoms in total. The van der Waals surface area contributed by atoms with Crippen molar-refractivity contribution in [1.29, 1.82) is 0 Å². The average Bonchev–Trinajstić information content (AvgIpc) is 3.31. The molecule has 2 N–H and O–H groups in total. The number of likely N-dealkylation sites (tertiary alicyclic amines) is 2. The lowest BCUT2D eigenvalue weighted by Gasteiger charge is -2.50. The quantitative estimate of drug-likeness (QED) is 0.188. The predicted octanol–water partition coefficient (Wildman–Crippen LogP) is 4.82. The molecule has 3 fully saturated rings. The fourth-order valence-electron chi connectivity index (χ4n) is 7.26. The minimum absolute atomic E-state index is 0.114. The van der Waals surface area contributed by atoms with Crippen molar-refractivity contribution in [2.24, 2.45) is 17.8 Å². The second-order valence-corrected chi connectivity index (χ2v) is 13.9. The fraction of sp³-hybridized carbons (Fsp3) is 0.400. The van der Waals surface area contributed by atoms with Gasteiger partial charge in [0.25, 0.3) is 11.8 Å². The van der Waals surface area contributed by atoms with E-state index in [0.717, 1.165) is 10.5 Å². The van der Waals surface area contributed by atoms with Crippen molar-refractivity contribution in [2.75, 3.05) is 19.1 Å². The molecule has 43 heavy (non-hydrogen) atoms. The first-order valence-electron chi connectivity index (χ1n) is 13.6. The van der Waals surface area contributed by atoms with E-state index in [-0.39, 0.29) is 59.5 Å². The zero-order valence-corrected chi connectivity index (χ0v) is 27.4. The number of phenols is 2. The molecule has 2 saturated heterocycles. The van der Waals surface area contributed by atoms with Crippen molar-refractivity contribution in [2.45, 2.75) is 34.9 Å². The molecule has 0 bridgehead atoms. The van der Waals surface area contributed by atoms with Gasteiger partial charge in [0.2, 0.25) is 11.8 Å². The highest BCUT2D eigenvalue weighted by molar-refractivity contribution is 9.10. The second-order valence-electron chi connectivity index (χ2n) is 11.3. The largest absolute Gasteiger partial charge is 0.508 e. The van der Waals surface area contributed by atoms with Crippen molar-refractivity contribution >= 4 is 78.7 Å². The molecule has 13 heteroatoms. The van der Waals surface area contributed by atoms with Crippen molar-refractivity contribution in [3.05, 3.63) is 63.6 Å². The number of rotatable bonds is 6. The van der Waals surface area contributed by atoms with Crippen LogP contribution >= 0.6 is 55.1 Å². The SMILES string of the molecule is COc1cc(Br)cc(C2C3=CCC4C(=O)N(CCc5ccc(O)cc5)C(=O)C4C3CC3(Cl)C(=O)N(CBr)C(=O)C23Cl)c1O. The number of phenolic OH excluding ortho intramolecular Hbond substituents is 2. The van der Waals surface area contributed by atoms with E-state index in [1.165, 1.54) is 12.0 Å². The molecule has 2 aliphatic heterocycles. The number of hydrogen-bond acceptors (Lipinski definition) is 7. The van der Waals surface area contributed by atoms with Gasteiger partial charge in [0, 0.05) is 22.5 Å². The van der Waals surface area contributed by atoms with Gasteiger partial charge in [-0.1, -0.05) is 55.6 Å². The number of carbonyl (C=O) groups excluding carboxylic acids is 4. The number of halogens is 4. The molecule has 2 aromatic carbocycles. The maximum atomic E-state index is 14.0. The summed E-state index contributed by atoms with van der Waals surface area (Å²) in [6.07, 6.45) is 2.28. The molecule has 0 radical (unpaired) electrons. The molecule has 6 rings (SSSR count). The molecule has 0 aromatic heterocycles. The first-order valence-corrected chi connectivity index (χ1v) is 16.3. The molecule has 1 saturated carbocycles. The monoisotopic (exact) mass is 754 g/mol. The molecule has 2 heterocycles. The number of amides is 4. The molecule has 6 unspecified atom stereocenters. The molecule has 6 atom stereocenters. The number of nitrogens with zero attached hydrogens (tertiary/aromatic N) is 2. The first kappa shape index (κ1) is 30.4. The van der Waals surface area contributed by atoms with Crippen LogP contribution in [0.25, 0.3) is 0 Å². The van der Waals surface area contributed by atoms with Gasteiger partial charge >= 0.3 is 0 Å². The number of aromatic hydroxyl groups is 2. The molecular formula is C30H26Br2Cl2N2O7. The summed E-state index contributed by atoms with van der Waals surface area (Å²) in [4.78, 5) is 53.5. The third kappa shape index (κ3) is 4.29. The number of benzene rings is 2. The smallest absolute Gasteiger partial charge is 0.254 e. The minimum Gasteiger partial charge on any atom is -0.508 e. The summed E-state index contributed by atoms with van der Waals surface area (Å²) in [7, 11) is 1.38. The molecular weight excluding hydrogens is 731 g/mol. The van der Waals surface area contributed by atoms with Gasteiger partial charge in [-0.2, -0.15) is 0 Å². The van der Waals surface area contributed by atoms with Gasteiger partial charge < -0.3 is 14.9 Å². The molecule has 0 spiro atoms. The Balaban J connectivity index is 1.45. The van der Waals surface area contributed by atoms with Crippen LogP contribution in [0.3, 0.4) is 0 Å². The Morgan fingerprint density at radius 3 is 2.35 bits per heavy atom. The summed E-state index contributed by atoms with van der Waals surface area (Å²) in [6, 6.07) is 9.69. The van der Waals surface area contributed by atoms with Crippen LogP contribution in [0.15, 0.2) is 52.5 Å². The standard InChI is InChI=1S/C30H26Br2Cl2N2O7/c1-43-21-11-15(32)10-19(24(21)38)23-17-6-7-18-22(20(17)12-29(33)27(41)36(13-31)28(42)30(23,29)34)26(40)35(25(18)39)9-8-14-2-4-16(37)5-3-14/h2-6,10-11,18,20,22-23,37-38H,7-9,12-13H2,1H3. The Bertz CT molecular complexity index is 1600. The van der Waals surface area contributed by atoms with E-state index in [2.05, 4.69) is 31.9 Å². The van der Waals surface area contributed by atoms with E-state index in [9.17, 15) is 29.4 Å². The highest BCUT2D eigenvalue weighted by atomic mass is 79.9. The van der Waals surface area contributed by atoms with Crippen molar-refractivity contribution < 1.29 is 34.1 Å². The lowest BCUT2D eigenvalue weighted by Crippen LogP contribution is -2.60. The summed E-state index contributed by atoms with van der Waals surface area (Å²) in [5.74, 6) is -5.49. The van der Waals surface area contributed by atoms with Crippen LogP contribution in [0.1, 0.15) is 29.9 Å². The summed E-state index contributed by atoms with van der Waals surface area (Å²) >= 11 is 21.1. The number of hydrogen-bond donors (Lipinski definition) is 2. The Morgan fingerprint density at radius 2 is 1.70 bits per heavy atom. The Labute approximate surface area is 274 Å². The molecule has 4 amide bonds. The van der Waals surface area contributed by atoms with E-state index in [4.69, 9.17) is 27.9 Å². The van der Waals surface area contributed by atoms with Crippen LogP contribution in [-0.2, 0) is 25.6 Å². The van der Waals surface area contributed by atoms with Crippen LogP contribution in [0.5, 0.6) is 17.2 Å². The van der Waals surface area contributed by atoms with Gasteiger partial charge in [0.05, 0.1) is 24.4 Å². The third-order valence-corrected chi connectivity index (χ3v) is 11.6. The second kappa shape index (κ2) is 10.8. The third-order valence-electron chi connectivity index (χ3n) is 9.27. The Morgan fingerprint density at radius 1 is 1.00 bits per heavy atom. The van der Waals surface area contributed by atoms with Crippen molar-refractivity contribution in [3.8, 4) is 17.2 Å². The lowest BCUT2D eigenvalue weighted by molar-refractivity contribution is -0.141. The van der Waals surface area contributed by atoms with E-state index in [1.54, 1.807) is 36.4 Å². The topological polar surface area (TPSA) is 124 Å². The highest BCUT2D eigenvalue weighted by Gasteiger charge is 2.76. The number of alkyl halides is 3. The summed E-state index contributed by atoms with van der Waals surface area (Å²) in [5.41, 5.74) is 1.48. The number of methoxy groups -OCH3 is 1. The van der Waals surface area contributed by atoms with Crippen LogP contribution in [-0.4, -0.2) is 72.5 Å². The van der Waals surface area contributed by atoms with Gasteiger partial charge in [0.1, 0.15) is 5.75 Å².